The summed E-state index contributed by atoms with van der Waals surface area (Å²) in [7, 11) is 0. The lowest BCUT2D eigenvalue weighted by molar-refractivity contribution is -0.142. The maximum Gasteiger partial charge on any atom is 0.243 e. The molecule has 3 rings (SSSR count). The van der Waals surface area contributed by atoms with Crippen LogP contribution in [0.2, 0.25) is 0 Å². The van der Waals surface area contributed by atoms with E-state index >= 15 is 0 Å². The summed E-state index contributed by atoms with van der Waals surface area (Å²) in [5.41, 5.74) is 2.33. The van der Waals surface area contributed by atoms with Gasteiger partial charge in [0.05, 0.1) is 13.2 Å². The predicted molar refractivity (Wildman–Crippen MR) is 113 cm³/mol. The summed E-state index contributed by atoms with van der Waals surface area (Å²) in [5.74, 6) is 0.327. The average molecular weight is 402 g/mol. The molecule has 0 radical (unpaired) electrons. The fourth-order valence-corrected chi connectivity index (χ4v) is 4.10. The van der Waals surface area contributed by atoms with E-state index in [1.807, 2.05) is 26.0 Å². The molecule has 0 aromatic heterocycles. The molecule has 1 fully saturated rings. The molecule has 6 nitrogen and oxygen atoms in total. The number of hydrogen-bond acceptors (Lipinski definition) is 4. The molecule has 6 heteroatoms. The summed E-state index contributed by atoms with van der Waals surface area (Å²) in [4.78, 5) is 30.0. The van der Waals surface area contributed by atoms with Crippen molar-refractivity contribution >= 4 is 11.8 Å². The number of nitrogens with one attached hydrogen (secondary N) is 1. The van der Waals surface area contributed by atoms with E-state index in [0.717, 1.165) is 51.3 Å². The first-order valence-corrected chi connectivity index (χ1v) is 11.0. The minimum atomic E-state index is -0.407. The SMILES string of the molecule is CC(C)CC(=O)N1Cc2ccccc2CC1C(=O)NCCCCN1CCOCC1. The molecule has 1 unspecified atom stereocenters. The third-order valence-corrected chi connectivity index (χ3v) is 5.76. The molecule has 1 aromatic carbocycles. The van der Waals surface area contributed by atoms with E-state index in [1.165, 1.54) is 5.56 Å². The molecule has 29 heavy (non-hydrogen) atoms. The lowest BCUT2D eigenvalue weighted by atomic mass is 9.92. The molecule has 0 saturated carbocycles. The molecule has 1 aromatic rings. The van der Waals surface area contributed by atoms with Crippen LogP contribution in [0.25, 0.3) is 0 Å². The Morgan fingerprint density at radius 2 is 1.86 bits per heavy atom. The van der Waals surface area contributed by atoms with E-state index < -0.39 is 6.04 Å². The number of amides is 2. The monoisotopic (exact) mass is 401 g/mol. The molecule has 2 heterocycles. The molecule has 0 bridgehead atoms. The molecule has 2 amide bonds. The Morgan fingerprint density at radius 1 is 1.14 bits per heavy atom. The molecular formula is C23H35N3O3. The van der Waals surface area contributed by atoms with E-state index in [4.69, 9.17) is 4.74 Å². The lowest BCUT2D eigenvalue weighted by Gasteiger charge is -2.36. The van der Waals surface area contributed by atoms with Crippen molar-refractivity contribution in [1.29, 1.82) is 0 Å². The van der Waals surface area contributed by atoms with Crippen LogP contribution < -0.4 is 5.32 Å². The molecule has 2 aliphatic heterocycles. The van der Waals surface area contributed by atoms with Gasteiger partial charge in [-0.05, 0) is 36.4 Å². The molecular weight excluding hydrogens is 366 g/mol. The Labute approximate surface area is 174 Å². The van der Waals surface area contributed by atoms with Crippen molar-refractivity contribution in [1.82, 2.24) is 15.1 Å². The molecule has 0 aliphatic carbocycles. The molecule has 1 atom stereocenters. The Hall–Kier alpha value is -1.92. The van der Waals surface area contributed by atoms with Gasteiger partial charge in [-0.1, -0.05) is 38.1 Å². The van der Waals surface area contributed by atoms with Crippen molar-refractivity contribution in [2.24, 2.45) is 5.92 Å². The molecule has 2 aliphatic rings. The minimum absolute atomic E-state index is 0.0250. The van der Waals surface area contributed by atoms with Crippen LogP contribution >= 0.6 is 0 Å². The number of hydrogen-bond donors (Lipinski definition) is 1. The Kier molecular flexibility index (Phi) is 8.07. The Balaban J connectivity index is 1.52. The van der Waals surface area contributed by atoms with Crippen LogP contribution in [-0.4, -0.2) is 67.0 Å². The molecule has 1 N–H and O–H groups in total. The zero-order chi connectivity index (χ0) is 20.6. The second-order valence-corrected chi connectivity index (χ2v) is 8.56. The third-order valence-electron chi connectivity index (χ3n) is 5.76. The highest BCUT2D eigenvalue weighted by Gasteiger charge is 2.34. The number of benzene rings is 1. The summed E-state index contributed by atoms with van der Waals surface area (Å²) in [6.45, 7) is 9.96. The van der Waals surface area contributed by atoms with Gasteiger partial charge in [0, 0.05) is 39.0 Å². The van der Waals surface area contributed by atoms with Gasteiger partial charge in [0.1, 0.15) is 6.04 Å². The van der Waals surface area contributed by atoms with E-state index in [1.54, 1.807) is 4.90 Å². The van der Waals surface area contributed by atoms with Crippen LogP contribution in [0.5, 0.6) is 0 Å². The van der Waals surface area contributed by atoms with E-state index in [0.29, 0.717) is 25.9 Å². The van der Waals surface area contributed by atoms with Crippen LogP contribution in [0.1, 0.15) is 44.2 Å². The molecule has 0 spiro atoms. The average Bonchev–Trinajstić information content (AvgIpc) is 2.72. The summed E-state index contributed by atoms with van der Waals surface area (Å²) >= 11 is 0. The number of rotatable bonds is 8. The Morgan fingerprint density at radius 3 is 2.59 bits per heavy atom. The van der Waals surface area contributed by atoms with Crippen LogP contribution in [0.4, 0.5) is 0 Å². The highest BCUT2D eigenvalue weighted by Crippen LogP contribution is 2.25. The maximum absolute atomic E-state index is 12.9. The number of carbonyl (C=O) groups is 2. The van der Waals surface area contributed by atoms with Gasteiger partial charge < -0.3 is 15.0 Å². The zero-order valence-corrected chi connectivity index (χ0v) is 17.9. The summed E-state index contributed by atoms with van der Waals surface area (Å²) in [6.07, 6.45) is 3.08. The molecule has 160 valence electrons. The smallest absolute Gasteiger partial charge is 0.243 e. The van der Waals surface area contributed by atoms with Crippen molar-refractivity contribution in [3.63, 3.8) is 0 Å². The quantitative estimate of drug-likeness (QED) is 0.679. The van der Waals surface area contributed by atoms with E-state index in [2.05, 4.69) is 22.3 Å². The first kappa shape index (κ1) is 21.8. The number of carbonyl (C=O) groups excluding carboxylic acids is 2. The summed E-state index contributed by atoms with van der Waals surface area (Å²) in [6, 6.07) is 7.73. The number of ether oxygens (including phenoxy) is 1. The second-order valence-electron chi connectivity index (χ2n) is 8.56. The van der Waals surface area contributed by atoms with Gasteiger partial charge in [-0.25, -0.2) is 0 Å². The van der Waals surface area contributed by atoms with Crippen LogP contribution in [-0.2, 0) is 27.3 Å². The highest BCUT2D eigenvalue weighted by molar-refractivity contribution is 5.88. The van der Waals surface area contributed by atoms with Gasteiger partial charge in [-0.2, -0.15) is 0 Å². The highest BCUT2D eigenvalue weighted by atomic mass is 16.5. The van der Waals surface area contributed by atoms with Crippen LogP contribution in [0.3, 0.4) is 0 Å². The fourth-order valence-electron chi connectivity index (χ4n) is 4.10. The van der Waals surface area contributed by atoms with Crippen molar-refractivity contribution in [3.8, 4) is 0 Å². The zero-order valence-electron chi connectivity index (χ0n) is 17.9. The number of fused-ring (bicyclic) bond motifs is 1. The van der Waals surface area contributed by atoms with Crippen LogP contribution in [0.15, 0.2) is 24.3 Å². The first-order chi connectivity index (χ1) is 14.0. The third kappa shape index (κ3) is 6.28. The van der Waals surface area contributed by atoms with Gasteiger partial charge in [0.2, 0.25) is 11.8 Å². The van der Waals surface area contributed by atoms with Gasteiger partial charge in [-0.3, -0.25) is 14.5 Å². The van der Waals surface area contributed by atoms with Gasteiger partial charge in [0.15, 0.2) is 0 Å². The van der Waals surface area contributed by atoms with E-state index in [9.17, 15) is 9.59 Å². The molecule has 1 saturated heterocycles. The topological polar surface area (TPSA) is 61.9 Å². The lowest BCUT2D eigenvalue weighted by Crippen LogP contribution is -2.52. The summed E-state index contributed by atoms with van der Waals surface area (Å²) < 4.78 is 5.37. The van der Waals surface area contributed by atoms with Crippen molar-refractivity contribution in [3.05, 3.63) is 35.4 Å². The van der Waals surface area contributed by atoms with E-state index in [-0.39, 0.29) is 17.7 Å². The van der Waals surface area contributed by atoms with Crippen molar-refractivity contribution in [2.45, 2.75) is 52.1 Å². The number of unbranched alkanes of at least 4 members (excludes halogenated alkanes) is 1. The van der Waals surface area contributed by atoms with Gasteiger partial charge in [0.25, 0.3) is 0 Å². The normalized spacial score (nSPS) is 19.8. The van der Waals surface area contributed by atoms with Crippen molar-refractivity contribution in [2.75, 3.05) is 39.4 Å². The van der Waals surface area contributed by atoms with Gasteiger partial charge >= 0.3 is 0 Å². The summed E-state index contributed by atoms with van der Waals surface area (Å²) in [5, 5.41) is 3.08. The number of morpholine rings is 1. The number of nitrogens with zero attached hydrogens (tertiary/aromatic N) is 2. The largest absolute Gasteiger partial charge is 0.379 e. The van der Waals surface area contributed by atoms with Crippen molar-refractivity contribution < 1.29 is 14.3 Å². The minimum Gasteiger partial charge on any atom is -0.379 e. The second kappa shape index (κ2) is 10.7. The Bertz CT molecular complexity index is 686. The predicted octanol–water partition coefficient (Wildman–Crippen LogP) is 2.21. The first-order valence-electron chi connectivity index (χ1n) is 11.0. The van der Waals surface area contributed by atoms with Crippen LogP contribution in [0, 0.1) is 5.92 Å². The standard InChI is InChI=1S/C23H35N3O3/c1-18(2)15-22(27)26-17-20-8-4-3-7-19(20)16-21(26)23(28)24-9-5-6-10-25-11-13-29-14-12-25/h3-4,7-8,18,21H,5-6,9-17H2,1-2H3,(H,24,28). The van der Waals surface area contributed by atoms with Gasteiger partial charge in [-0.15, -0.1) is 0 Å². The fraction of sp³-hybridized carbons (Fsp3) is 0.652. The maximum atomic E-state index is 12.9.